The van der Waals surface area contributed by atoms with E-state index in [0.717, 1.165) is 6.08 Å². The fourth-order valence-electron chi connectivity index (χ4n) is 1.29. The van der Waals surface area contributed by atoms with Gasteiger partial charge in [-0.2, -0.15) is 0 Å². The van der Waals surface area contributed by atoms with Crippen LogP contribution >= 0.6 is 23.2 Å². The molecule has 1 aromatic heterocycles. The molecule has 2 rings (SSSR count). The van der Waals surface area contributed by atoms with Crippen LogP contribution in [0.4, 0.5) is 0 Å². The molecule has 1 heterocycles. The van der Waals surface area contributed by atoms with Crippen molar-refractivity contribution in [2.75, 3.05) is 0 Å². The Labute approximate surface area is 124 Å². The maximum atomic E-state index is 10.4. The molecule has 0 aliphatic carbocycles. The summed E-state index contributed by atoms with van der Waals surface area (Å²) in [7, 11) is 0. The lowest BCUT2D eigenvalue weighted by Gasteiger charge is -2.06. The quantitative estimate of drug-likeness (QED) is 0.872. The molecule has 0 spiro atoms. The highest BCUT2D eigenvalue weighted by Crippen LogP contribution is 2.33. The molecule has 20 heavy (non-hydrogen) atoms. The van der Waals surface area contributed by atoms with E-state index < -0.39 is 5.97 Å². The second-order valence-corrected chi connectivity index (χ2v) is 4.41. The standard InChI is InChI=1S/C13H8Cl2N2O3/c14-9-2-1-3-10(12(9)15)20-13-16-6-8(7-17-13)4-5-11(18)19/h1-7H,(H,18,19)/b5-4+. The van der Waals surface area contributed by atoms with Crippen LogP contribution in [0.25, 0.3) is 6.08 Å². The zero-order valence-corrected chi connectivity index (χ0v) is 11.5. The molecule has 5 nitrogen and oxygen atoms in total. The minimum atomic E-state index is -1.05. The molecule has 1 N–H and O–H groups in total. The summed E-state index contributed by atoms with van der Waals surface area (Å²) in [5.41, 5.74) is 0.539. The van der Waals surface area contributed by atoms with Crippen molar-refractivity contribution in [3.63, 3.8) is 0 Å². The first-order chi connectivity index (χ1) is 9.56. The van der Waals surface area contributed by atoms with Crippen LogP contribution in [0.1, 0.15) is 5.56 Å². The van der Waals surface area contributed by atoms with E-state index >= 15 is 0 Å². The van der Waals surface area contributed by atoms with Crippen LogP contribution in [0.5, 0.6) is 11.8 Å². The molecule has 0 saturated carbocycles. The Bertz CT molecular complexity index is 657. The lowest BCUT2D eigenvalue weighted by Crippen LogP contribution is -1.93. The number of nitrogens with zero attached hydrogens (tertiary/aromatic N) is 2. The lowest BCUT2D eigenvalue weighted by molar-refractivity contribution is -0.131. The van der Waals surface area contributed by atoms with Crippen LogP contribution < -0.4 is 4.74 Å². The van der Waals surface area contributed by atoms with E-state index in [4.69, 9.17) is 33.0 Å². The summed E-state index contributed by atoms with van der Waals surface area (Å²) in [6.07, 6.45) is 5.23. The number of aliphatic carboxylic acids is 1. The summed E-state index contributed by atoms with van der Waals surface area (Å²) >= 11 is 11.8. The highest BCUT2D eigenvalue weighted by Gasteiger charge is 2.07. The van der Waals surface area contributed by atoms with Crippen molar-refractivity contribution in [2.45, 2.75) is 0 Å². The molecule has 0 saturated heterocycles. The topological polar surface area (TPSA) is 72.3 Å². The number of aromatic nitrogens is 2. The minimum absolute atomic E-state index is 0.0849. The molecule has 0 aliphatic rings. The number of rotatable bonds is 4. The van der Waals surface area contributed by atoms with Crippen LogP contribution in [-0.2, 0) is 4.79 Å². The molecule has 1 aromatic carbocycles. The predicted octanol–water partition coefficient (Wildman–Crippen LogP) is 3.67. The Morgan fingerprint density at radius 1 is 1.25 bits per heavy atom. The maximum Gasteiger partial charge on any atom is 0.328 e. The van der Waals surface area contributed by atoms with Crippen molar-refractivity contribution in [1.82, 2.24) is 9.97 Å². The van der Waals surface area contributed by atoms with E-state index in [2.05, 4.69) is 9.97 Å². The van der Waals surface area contributed by atoms with Crippen molar-refractivity contribution < 1.29 is 14.6 Å². The number of benzene rings is 1. The molecule has 0 atom stereocenters. The van der Waals surface area contributed by atoms with Crippen LogP contribution in [0, 0.1) is 0 Å². The molecule has 0 fully saturated rings. The molecular weight excluding hydrogens is 303 g/mol. The molecule has 7 heteroatoms. The SMILES string of the molecule is O=C(O)/C=C/c1cnc(Oc2cccc(Cl)c2Cl)nc1. The highest BCUT2D eigenvalue weighted by atomic mass is 35.5. The number of halogens is 2. The Hall–Kier alpha value is -2.11. The van der Waals surface area contributed by atoms with Crippen LogP contribution in [0.3, 0.4) is 0 Å². The number of hydrogen-bond donors (Lipinski definition) is 1. The summed E-state index contributed by atoms with van der Waals surface area (Å²) in [6, 6.07) is 5.04. The Balaban J connectivity index is 2.15. The zero-order chi connectivity index (χ0) is 14.5. The summed E-state index contributed by atoms with van der Waals surface area (Å²) in [6.45, 7) is 0. The maximum absolute atomic E-state index is 10.4. The fraction of sp³-hybridized carbons (Fsp3) is 0. The van der Waals surface area contributed by atoms with E-state index in [9.17, 15) is 4.79 Å². The van der Waals surface area contributed by atoms with Gasteiger partial charge in [-0.1, -0.05) is 29.3 Å². The van der Waals surface area contributed by atoms with Gasteiger partial charge in [0.25, 0.3) is 0 Å². The van der Waals surface area contributed by atoms with Crippen LogP contribution in [0.15, 0.2) is 36.7 Å². The van der Waals surface area contributed by atoms with Crippen molar-refractivity contribution in [2.24, 2.45) is 0 Å². The normalized spacial score (nSPS) is 10.7. The predicted molar refractivity (Wildman–Crippen MR) is 75.2 cm³/mol. The lowest BCUT2D eigenvalue weighted by atomic mass is 10.3. The van der Waals surface area contributed by atoms with Crippen molar-refractivity contribution in [3.8, 4) is 11.8 Å². The van der Waals surface area contributed by atoms with Crippen LogP contribution in [0.2, 0.25) is 10.0 Å². The van der Waals surface area contributed by atoms with Gasteiger partial charge < -0.3 is 9.84 Å². The first-order valence-corrected chi connectivity index (χ1v) is 6.17. The first-order valence-electron chi connectivity index (χ1n) is 5.41. The van der Waals surface area contributed by atoms with Crippen molar-refractivity contribution >= 4 is 35.2 Å². The van der Waals surface area contributed by atoms with Gasteiger partial charge in [0.1, 0.15) is 5.02 Å². The molecule has 0 radical (unpaired) electrons. The van der Waals surface area contributed by atoms with Gasteiger partial charge in [0.2, 0.25) is 0 Å². The van der Waals surface area contributed by atoms with E-state index in [1.165, 1.54) is 18.5 Å². The minimum Gasteiger partial charge on any atom is -0.478 e. The molecule has 0 amide bonds. The fourth-order valence-corrected chi connectivity index (χ4v) is 1.62. The summed E-state index contributed by atoms with van der Waals surface area (Å²) < 4.78 is 5.39. The Kier molecular flexibility index (Phi) is 4.55. The third-order valence-electron chi connectivity index (χ3n) is 2.18. The van der Waals surface area contributed by atoms with Crippen LogP contribution in [-0.4, -0.2) is 21.0 Å². The molecule has 0 bridgehead atoms. The van der Waals surface area contributed by atoms with Crippen molar-refractivity contribution in [3.05, 3.63) is 52.3 Å². The van der Waals surface area contributed by atoms with E-state index in [0.29, 0.717) is 16.3 Å². The summed E-state index contributed by atoms with van der Waals surface area (Å²) in [5.74, 6) is -0.705. The number of hydrogen-bond acceptors (Lipinski definition) is 4. The molecule has 0 unspecified atom stereocenters. The van der Waals surface area contributed by atoms with Crippen molar-refractivity contribution in [1.29, 1.82) is 0 Å². The van der Waals surface area contributed by atoms with Gasteiger partial charge in [-0.05, 0) is 18.2 Å². The molecule has 102 valence electrons. The van der Waals surface area contributed by atoms with Gasteiger partial charge in [0, 0.05) is 24.0 Å². The average molecular weight is 311 g/mol. The molecular formula is C13H8Cl2N2O3. The van der Waals surface area contributed by atoms with E-state index in [-0.39, 0.29) is 11.0 Å². The summed E-state index contributed by atoms with van der Waals surface area (Å²) in [5, 5.41) is 9.14. The first kappa shape index (κ1) is 14.3. The molecule has 0 aliphatic heterocycles. The van der Waals surface area contributed by atoms with Gasteiger partial charge in [0.05, 0.1) is 5.02 Å². The van der Waals surface area contributed by atoms with Gasteiger partial charge in [0.15, 0.2) is 5.75 Å². The monoisotopic (exact) mass is 310 g/mol. The smallest absolute Gasteiger partial charge is 0.328 e. The van der Waals surface area contributed by atoms with Gasteiger partial charge in [-0.15, -0.1) is 0 Å². The van der Waals surface area contributed by atoms with Gasteiger partial charge in [-0.3, -0.25) is 0 Å². The number of ether oxygens (including phenoxy) is 1. The highest BCUT2D eigenvalue weighted by molar-refractivity contribution is 6.42. The average Bonchev–Trinajstić information content (AvgIpc) is 2.43. The third-order valence-corrected chi connectivity index (χ3v) is 2.99. The van der Waals surface area contributed by atoms with E-state index in [1.807, 2.05) is 0 Å². The number of carbonyl (C=O) groups is 1. The number of carboxylic acids is 1. The number of carboxylic acid groups (broad SMARTS) is 1. The zero-order valence-electron chi connectivity index (χ0n) is 9.96. The Morgan fingerprint density at radius 3 is 2.60 bits per heavy atom. The largest absolute Gasteiger partial charge is 0.478 e. The second-order valence-electron chi connectivity index (χ2n) is 3.62. The Morgan fingerprint density at radius 2 is 1.95 bits per heavy atom. The van der Waals surface area contributed by atoms with E-state index in [1.54, 1.807) is 18.2 Å². The molecule has 2 aromatic rings. The van der Waals surface area contributed by atoms with Gasteiger partial charge >= 0.3 is 12.0 Å². The summed E-state index contributed by atoms with van der Waals surface area (Å²) in [4.78, 5) is 18.3. The second kappa shape index (κ2) is 6.36. The van der Waals surface area contributed by atoms with Gasteiger partial charge in [-0.25, -0.2) is 14.8 Å². The third kappa shape index (κ3) is 3.69.